The van der Waals surface area contributed by atoms with Crippen LogP contribution in [0.25, 0.3) is 0 Å². The van der Waals surface area contributed by atoms with E-state index in [4.69, 9.17) is 11.6 Å². The summed E-state index contributed by atoms with van der Waals surface area (Å²) < 4.78 is 38.5. The first-order chi connectivity index (χ1) is 17.0. The number of likely N-dealkylation sites (tertiary alicyclic amines) is 1. The van der Waals surface area contributed by atoms with Crippen LogP contribution < -0.4 is 22.3 Å². The molecule has 0 saturated carbocycles. The molecule has 1 unspecified atom stereocenters. The number of halogens is 3. The quantitative estimate of drug-likeness (QED) is 0.283. The first-order valence-corrected chi connectivity index (χ1v) is 11.9. The predicted octanol–water partition coefficient (Wildman–Crippen LogP) is 5.06. The number of nitrogens with zero attached hydrogens (tertiary/aromatic N) is 2. The molecule has 1 fully saturated rings. The second kappa shape index (κ2) is 13.6. The summed E-state index contributed by atoms with van der Waals surface area (Å²) in [6, 6.07) is 13.9. The third-order valence-electron chi connectivity index (χ3n) is 5.96. The molecule has 0 radical (unpaired) electrons. The number of hydrogen-bond acceptors (Lipinski definition) is 6. The number of benzene rings is 1. The molecule has 1 aromatic heterocycles. The lowest BCUT2D eigenvalue weighted by Gasteiger charge is -2.31. The molecule has 1 atom stereocenters. The Morgan fingerprint density at radius 3 is 2.39 bits per heavy atom. The Hall–Kier alpha value is -3.46. The zero-order valence-corrected chi connectivity index (χ0v) is 21.0. The van der Waals surface area contributed by atoms with Gasteiger partial charge < -0.3 is 21.4 Å². The second-order valence-electron chi connectivity index (χ2n) is 8.93. The lowest BCUT2D eigenvalue weighted by molar-refractivity contribution is -0.0939. The van der Waals surface area contributed by atoms with E-state index in [2.05, 4.69) is 48.8 Å². The van der Waals surface area contributed by atoms with Gasteiger partial charge in [-0.2, -0.15) is 13.2 Å². The number of nitrogens with one attached hydrogen (secondary N) is 2. The summed E-state index contributed by atoms with van der Waals surface area (Å²) in [6.07, 6.45) is 0.706. The van der Waals surface area contributed by atoms with Crippen molar-refractivity contribution in [2.45, 2.75) is 57.8 Å². The van der Waals surface area contributed by atoms with Crippen molar-refractivity contribution in [2.75, 3.05) is 6.54 Å². The van der Waals surface area contributed by atoms with Crippen LogP contribution >= 0.6 is 0 Å². The van der Waals surface area contributed by atoms with Crippen LogP contribution in [0.3, 0.4) is 0 Å². The van der Waals surface area contributed by atoms with Crippen LogP contribution in [0.5, 0.6) is 0 Å². The van der Waals surface area contributed by atoms with Crippen LogP contribution in [0.2, 0.25) is 0 Å². The molecular weight excluding hydrogens is 465 g/mol. The fourth-order valence-electron chi connectivity index (χ4n) is 3.85. The van der Waals surface area contributed by atoms with E-state index in [1.165, 1.54) is 5.56 Å². The average molecular weight is 503 g/mol. The van der Waals surface area contributed by atoms with Gasteiger partial charge in [0.2, 0.25) is 0 Å². The number of aromatic nitrogens is 1. The summed E-state index contributed by atoms with van der Waals surface area (Å²) >= 11 is 0. The zero-order valence-electron chi connectivity index (χ0n) is 21.0. The van der Waals surface area contributed by atoms with Gasteiger partial charge in [0, 0.05) is 43.3 Å². The van der Waals surface area contributed by atoms with E-state index in [1.54, 1.807) is 6.20 Å². The van der Waals surface area contributed by atoms with Gasteiger partial charge in [-0.15, -0.1) is 0 Å². The maximum absolute atomic E-state index is 12.8. The smallest absolute Gasteiger partial charge is 0.393 e. The molecule has 1 aliphatic heterocycles. The molecule has 36 heavy (non-hydrogen) atoms. The van der Waals surface area contributed by atoms with Gasteiger partial charge >= 0.3 is 6.18 Å². The van der Waals surface area contributed by atoms with Crippen molar-refractivity contribution in [3.05, 3.63) is 102 Å². The Bertz CT molecular complexity index is 1000. The largest absolute Gasteiger partial charge is 0.432 e. The van der Waals surface area contributed by atoms with Crippen molar-refractivity contribution in [3.8, 4) is 0 Å². The molecule has 6 nitrogen and oxygen atoms in total. The Balaban J connectivity index is 0.000000425. The van der Waals surface area contributed by atoms with Crippen LogP contribution in [0.1, 0.15) is 50.2 Å². The summed E-state index contributed by atoms with van der Waals surface area (Å²) in [4.78, 5) is 5.97. The van der Waals surface area contributed by atoms with Crippen molar-refractivity contribution in [3.63, 3.8) is 0 Å². The number of pyridine rings is 1. The predicted molar refractivity (Wildman–Crippen MR) is 139 cm³/mol. The first kappa shape index (κ1) is 28.8. The molecule has 196 valence electrons. The molecule has 0 aliphatic carbocycles. The monoisotopic (exact) mass is 502 g/mol. The van der Waals surface area contributed by atoms with E-state index >= 15 is 0 Å². The van der Waals surface area contributed by atoms with E-state index in [0.717, 1.165) is 24.1 Å². The van der Waals surface area contributed by atoms with Gasteiger partial charge in [-0.3, -0.25) is 10.8 Å². The van der Waals surface area contributed by atoms with Gasteiger partial charge in [0.1, 0.15) is 5.70 Å². The normalized spacial score (nSPS) is 16.1. The molecule has 1 aliphatic rings. The molecule has 0 spiro atoms. The molecule has 0 amide bonds. The number of hydrogen-bond donors (Lipinski definition) is 4. The summed E-state index contributed by atoms with van der Waals surface area (Å²) in [6.45, 7) is 13.7. The van der Waals surface area contributed by atoms with Gasteiger partial charge in [0.05, 0.1) is 11.7 Å². The van der Waals surface area contributed by atoms with Crippen molar-refractivity contribution in [2.24, 2.45) is 11.6 Å². The zero-order chi connectivity index (χ0) is 26.7. The summed E-state index contributed by atoms with van der Waals surface area (Å²) in [5, 5.41) is 3.31. The third-order valence-corrected chi connectivity index (χ3v) is 5.96. The SMILES string of the molecule is C=C(NCc1ccccc1)C1CCCN1C(=C)C/C(NN)=C(/N)C(F)(F)F.CC(C)c1cccnc1. The second-order valence-corrected chi connectivity index (χ2v) is 8.93. The van der Waals surface area contributed by atoms with Crippen molar-refractivity contribution in [1.29, 1.82) is 0 Å². The Morgan fingerprint density at radius 2 is 1.86 bits per heavy atom. The van der Waals surface area contributed by atoms with Gasteiger partial charge in [0.25, 0.3) is 0 Å². The maximum Gasteiger partial charge on any atom is 0.432 e. The van der Waals surface area contributed by atoms with Crippen molar-refractivity contribution >= 4 is 0 Å². The van der Waals surface area contributed by atoms with Crippen LogP contribution in [-0.4, -0.2) is 28.6 Å². The molecule has 2 heterocycles. The van der Waals surface area contributed by atoms with E-state index in [9.17, 15) is 13.2 Å². The number of alkyl halides is 3. The Labute approximate surface area is 211 Å². The fourth-order valence-corrected chi connectivity index (χ4v) is 3.85. The molecule has 3 rings (SSSR count). The number of hydrazine groups is 1. The lowest BCUT2D eigenvalue weighted by Crippen LogP contribution is -2.37. The molecule has 9 heteroatoms. The van der Waals surface area contributed by atoms with Gasteiger partial charge in [0.15, 0.2) is 0 Å². The van der Waals surface area contributed by atoms with E-state index in [0.29, 0.717) is 24.7 Å². The molecular formula is C27H37F3N6. The van der Waals surface area contributed by atoms with Crippen LogP contribution in [0.4, 0.5) is 13.2 Å². The van der Waals surface area contributed by atoms with E-state index in [1.807, 2.05) is 47.5 Å². The van der Waals surface area contributed by atoms with Crippen LogP contribution in [0, 0.1) is 0 Å². The van der Waals surface area contributed by atoms with Crippen molar-refractivity contribution < 1.29 is 13.2 Å². The Kier molecular flexibility index (Phi) is 10.9. The standard InChI is InChI=1S/C19H26F3N5.C8H11N/c1-13(11-16(26-24)18(23)19(20,21)22)27-10-6-9-17(27)14(2)25-12-15-7-4-3-5-8-15;1-7(2)8-4-3-5-9-6-8/h3-5,7-8,17,25-26H,1-2,6,9-12,23-24H2;3-7H,1-2H3/b18-16-;. The van der Waals surface area contributed by atoms with Crippen LogP contribution in [0.15, 0.2) is 90.8 Å². The highest BCUT2D eigenvalue weighted by molar-refractivity contribution is 5.22. The number of allylic oxidation sites excluding steroid dienone is 1. The molecule has 6 N–H and O–H groups in total. The average Bonchev–Trinajstić information content (AvgIpc) is 3.37. The lowest BCUT2D eigenvalue weighted by atomic mass is 10.1. The molecule has 2 aromatic rings. The minimum Gasteiger partial charge on any atom is -0.393 e. The van der Waals surface area contributed by atoms with E-state index in [-0.39, 0.29) is 18.2 Å². The van der Waals surface area contributed by atoms with Crippen molar-refractivity contribution in [1.82, 2.24) is 20.6 Å². The maximum atomic E-state index is 12.8. The number of nitrogens with two attached hydrogens (primary N) is 2. The number of rotatable bonds is 9. The fraction of sp³-hybridized carbons (Fsp3) is 0.370. The molecule has 1 saturated heterocycles. The topological polar surface area (TPSA) is 92.2 Å². The first-order valence-electron chi connectivity index (χ1n) is 11.9. The molecule has 1 aromatic carbocycles. The minimum atomic E-state index is -4.65. The van der Waals surface area contributed by atoms with E-state index < -0.39 is 11.9 Å². The highest BCUT2D eigenvalue weighted by atomic mass is 19.4. The van der Waals surface area contributed by atoms with Gasteiger partial charge in [-0.05, 0) is 36.0 Å². The third kappa shape index (κ3) is 8.64. The van der Waals surface area contributed by atoms with Gasteiger partial charge in [-0.25, -0.2) is 0 Å². The summed E-state index contributed by atoms with van der Waals surface area (Å²) in [7, 11) is 0. The minimum absolute atomic E-state index is 0.0349. The highest BCUT2D eigenvalue weighted by Gasteiger charge is 2.35. The summed E-state index contributed by atoms with van der Waals surface area (Å²) in [5.74, 6) is 5.84. The summed E-state index contributed by atoms with van der Waals surface area (Å²) in [5.41, 5.74) is 9.47. The highest BCUT2D eigenvalue weighted by Crippen LogP contribution is 2.30. The van der Waals surface area contributed by atoms with Gasteiger partial charge in [-0.1, -0.05) is 63.4 Å². The van der Waals surface area contributed by atoms with Crippen LogP contribution in [-0.2, 0) is 6.54 Å². The Morgan fingerprint density at radius 1 is 1.17 bits per heavy atom. The molecule has 0 bridgehead atoms.